The first kappa shape index (κ1) is 14.5. The van der Waals surface area contributed by atoms with Gasteiger partial charge in [0.05, 0.1) is 6.61 Å². The summed E-state index contributed by atoms with van der Waals surface area (Å²) in [4.78, 5) is 10.5. The lowest BCUT2D eigenvalue weighted by Gasteiger charge is -2.17. The van der Waals surface area contributed by atoms with Crippen LogP contribution in [0.4, 0.5) is 5.69 Å². The van der Waals surface area contributed by atoms with E-state index in [1.807, 2.05) is 25.1 Å². The van der Waals surface area contributed by atoms with Gasteiger partial charge in [-0.05, 0) is 31.4 Å². The highest BCUT2D eigenvalue weighted by Gasteiger charge is 2.07. The van der Waals surface area contributed by atoms with Crippen molar-refractivity contribution in [3.05, 3.63) is 29.8 Å². The van der Waals surface area contributed by atoms with Gasteiger partial charge in [-0.3, -0.25) is 4.79 Å². The highest BCUT2D eigenvalue weighted by molar-refractivity contribution is 5.66. The lowest BCUT2D eigenvalue weighted by atomic mass is 10.1. The van der Waals surface area contributed by atoms with Gasteiger partial charge in [-0.2, -0.15) is 0 Å². The summed E-state index contributed by atoms with van der Waals surface area (Å²) in [6.45, 7) is 2.68. The zero-order chi connectivity index (χ0) is 13.4. The summed E-state index contributed by atoms with van der Waals surface area (Å²) in [5.41, 5.74) is 2.26. The number of carbonyl (C=O) groups is 1. The minimum Gasteiger partial charge on any atom is -0.481 e. The number of ether oxygens (including phenoxy) is 1. The van der Waals surface area contributed by atoms with Gasteiger partial charge in [0.15, 0.2) is 0 Å². The van der Waals surface area contributed by atoms with E-state index in [1.54, 1.807) is 7.11 Å². The molecule has 0 saturated heterocycles. The molecule has 4 heteroatoms. The molecule has 1 rings (SSSR count). The molecule has 1 aromatic rings. The molecule has 4 nitrogen and oxygen atoms in total. The van der Waals surface area contributed by atoms with E-state index in [9.17, 15) is 4.79 Å². The van der Waals surface area contributed by atoms with Crippen LogP contribution in [0.2, 0.25) is 0 Å². The van der Waals surface area contributed by atoms with E-state index >= 15 is 0 Å². The number of para-hydroxylation sites is 1. The molecule has 18 heavy (non-hydrogen) atoms. The fourth-order valence-corrected chi connectivity index (χ4v) is 1.77. The fraction of sp³-hybridized carbons (Fsp3) is 0.500. The van der Waals surface area contributed by atoms with E-state index < -0.39 is 5.97 Å². The molecular weight excluding hydrogens is 230 g/mol. The molecule has 0 aliphatic heterocycles. The Hall–Kier alpha value is -1.55. The third-order valence-electron chi connectivity index (χ3n) is 2.79. The SMILES string of the molecule is COCCc1ccccc1NC(C)CCC(=O)O. The highest BCUT2D eigenvalue weighted by atomic mass is 16.5. The molecule has 0 saturated carbocycles. The lowest BCUT2D eigenvalue weighted by molar-refractivity contribution is -0.137. The first-order valence-electron chi connectivity index (χ1n) is 6.18. The Bertz CT molecular complexity index is 379. The first-order chi connectivity index (χ1) is 8.63. The second kappa shape index (κ2) is 7.71. The molecule has 0 spiro atoms. The predicted octanol–water partition coefficient (Wildman–Crippen LogP) is 2.54. The summed E-state index contributed by atoms with van der Waals surface area (Å²) in [7, 11) is 1.69. The van der Waals surface area contributed by atoms with Crippen LogP contribution in [0.1, 0.15) is 25.3 Å². The molecular formula is C14H21NO3. The van der Waals surface area contributed by atoms with Gasteiger partial charge in [-0.1, -0.05) is 18.2 Å². The van der Waals surface area contributed by atoms with Gasteiger partial charge in [-0.25, -0.2) is 0 Å². The zero-order valence-corrected chi connectivity index (χ0v) is 11.0. The van der Waals surface area contributed by atoms with Crippen molar-refractivity contribution >= 4 is 11.7 Å². The number of hydrogen-bond donors (Lipinski definition) is 2. The Morgan fingerprint density at radius 3 is 2.83 bits per heavy atom. The molecule has 0 aromatic heterocycles. The Morgan fingerprint density at radius 2 is 2.17 bits per heavy atom. The largest absolute Gasteiger partial charge is 0.481 e. The van der Waals surface area contributed by atoms with Crippen LogP contribution < -0.4 is 5.32 Å². The van der Waals surface area contributed by atoms with Crippen LogP contribution in [0.3, 0.4) is 0 Å². The van der Waals surface area contributed by atoms with Crippen molar-refractivity contribution in [2.45, 2.75) is 32.2 Å². The Balaban J connectivity index is 2.56. The quantitative estimate of drug-likeness (QED) is 0.745. The van der Waals surface area contributed by atoms with Gasteiger partial charge in [0.2, 0.25) is 0 Å². The summed E-state index contributed by atoms with van der Waals surface area (Å²) in [6.07, 6.45) is 1.66. The smallest absolute Gasteiger partial charge is 0.303 e. The normalized spacial score (nSPS) is 12.1. The van der Waals surface area contributed by atoms with Gasteiger partial charge in [0, 0.05) is 25.3 Å². The van der Waals surface area contributed by atoms with Crippen LogP contribution in [0, 0.1) is 0 Å². The van der Waals surface area contributed by atoms with Gasteiger partial charge >= 0.3 is 5.97 Å². The van der Waals surface area contributed by atoms with Crippen molar-refractivity contribution in [3.63, 3.8) is 0 Å². The van der Waals surface area contributed by atoms with Crippen molar-refractivity contribution < 1.29 is 14.6 Å². The molecule has 0 fully saturated rings. The topological polar surface area (TPSA) is 58.6 Å². The van der Waals surface area contributed by atoms with Crippen LogP contribution in [-0.2, 0) is 16.0 Å². The lowest BCUT2D eigenvalue weighted by Crippen LogP contribution is -2.17. The number of benzene rings is 1. The number of rotatable bonds is 8. The Kier molecular flexibility index (Phi) is 6.22. The summed E-state index contributed by atoms with van der Waals surface area (Å²) in [5, 5.41) is 12.0. The van der Waals surface area contributed by atoms with Gasteiger partial charge in [0.1, 0.15) is 0 Å². The number of methoxy groups -OCH3 is 1. The van der Waals surface area contributed by atoms with Crippen molar-refractivity contribution in [3.8, 4) is 0 Å². The van der Waals surface area contributed by atoms with Crippen LogP contribution in [0.5, 0.6) is 0 Å². The minimum absolute atomic E-state index is 0.143. The van der Waals surface area contributed by atoms with Gasteiger partial charge in [-0.15, -0.1) is 0 Å². The maximum atomic E-state index is 10.5. The maximum absolute atomic E-state index is 10.5. The third kappa shape index (κ3) is 5.19. The molecule has 2 N–H and O–H groups in total. The maximum Gasteiger partial charge on any atom is 0.303 e. The van der Waals surface area contributed by atoms with Crippen molar-refractivity contribution in [2.24, 2.45) is 0 Å². The molecule has 0 radical (unpaired) electrons. The van der Waals surface area contributed by atoms with Crippen LogP contribution >= 0.6 is 0 Å². The zero-order valence-electron chi connectivity index (χ0n) is 11.0. The molecule has 0 aliphatic rings. The van der Waals surface area contributed by atoms with E-state index in [2.05, 4.69) is 11.4 Å². The third-order valence-corrected chi connectivity index (χ3v) is 2.79. The molecule has 0 aliphatic carbocycles. The number of aliphatic carboxylic acids is 1. The van der Waals surface area contributed by atoms with Crippen molar-refractivity contribution in [1.29, 1.82) is 0 Å². The van der Waals surface area contributed by atoms with Crippen LogP contribution in [-0.4, -0.2) is 30.8 Å². The molecule has 1 atom stereocenters. The van der Waals surface area contributed by atoms with E-state index in [0.717, 1.165) is 12.1 Å². The number of carboxylic acid groups (broad SMARTS) is 1. The van der Waals surface area contributed by atoms with Gasteiger partial charge < -0.3 is 15.2 Å². The van der Waals surface area contributed by atoms with E-state index in [0.29, 0.717) is 13.0 Å². The summed E-state index contributed by atoms with van der Waals surface area (Å²) in [6, 6.07) is 8.19. The average Bonchev–Trinajstić information content (AvgIpc) is 2.35. The molecule has 1 aromatic carbocycles. The predicted molar refractivity (Wildman–Crippen MR) is 72.0 cm³/mol. The van der Waals surface area contributed by atoms with Gasteiger partial charge in [0.25, 0.3) is 0 Å². The van der Waals surface area contributed by atoms with E-state index in [1.165, 1.54) is 5.56 Å². The molecule has 0 amide bonds. The standard InChI is InChI=1S/C14H21NO3/c1-11(7-8-14(16)17)15-13-6-4-3-5-12(13)9-10-18-2/h3-6,11,15H,7-10H2,1-2H3,(H,16,17). The molecule has 0 bridgehead atoms. The van der Waals surface area contributed by atoms with Crippen molar-refractivity contribution in [1.82, 2.24) is 0 Å². The summed E-state index contributed by atoms with van der Waals surface area (Å²) in [5.74, 6) is -0.753. The number of carboxylic acids is 1. The second-order valence-electron chi connectivity index (χ2n) is 4.38. The second-order valence-corrected chi connectivity index (χ2v) is 4.38. The monoisotopic (exact) mass is 251 g/mol. The van der Waals surface area contributed by atoms with Crippen molar-refractivity contribution in [2.75, 3.05) is 19.0 Å². The number of hydrogen-bond acceptors (Lipinski definition) is 3. The first-order valence-corrected chi connectivity index (χ1v) is 6.18. The molecule has 1 unspecified atom stereocenters. The van der Waals surface area contributed by atoms with E-state index in [-0.39, 0.29) is 12.5 Å². The minimum atomic E-state index is -0.753. The number of nitrogens with one attached hydrogen (secondary N) is 1. The van der Waals surface area contributed by atoms with Crippen LogP contribution in [0.25, 0.3) is 0 Å². The molecule has 0 heterocycles. The van der Waals surface area contributed by atoms with E-state index in [4.69, 9.17) is 9.84 Å². The van der Waals surface area contributed by atoms with Crippen LogP contribution in [0.15, 0.2) is 24.3 Å². The summed E-state index contributed by atoms with van der Waals surface area (Å²) < 4.78 is 5.08. The average molecular weight is 251 g/mol. The summed E-state index contributed by atoms with van der Waals surface area (Å²) >= 11 is 0. The fourth-order valence-electron chi connectivity index (χ4n) is 1.77. The number of anilines is 1. The Labute approximate surface area is 108 Å². The highest BCUT2D eigenvalue weighted by Crippen LogP contribution is 2.17. The Morgan fingerprint density at radius 1 is 1.44 bits per heavy atom. The molecule has 100 valence electrons.